The molecule has 4 heteroatoms. The van der Waals surface area contributed by atoms with Crippen LogP contribution in [0.5, 0.6) is 0 Å². The second-order valence-corrected chi connectivity index (χ2v) is 7.50. The molecular weight excluding hydrogens is 234 g/mol. The van der Waals surface area contributed by atoms with Crippen LogP contribution in [0.4, 0.5) is 0 Å². The van der Waals surface area contributed by atoms with Crippen molar-refractivity contribution in [1.82, 2.24) is 5.32 Å². The molecule has 3 nitrogen and oxygen atoms in total. The van der Waals surface area contributed by atoms with Gasteiger partial charge in [0.05, 0.1) is 5.75 Å². The molecule has 1 rings (SSSR count). The molecule has 1 aliphatic carbocycles. The van der Waals surface area contributed by atoms with Crippen LogP contribution < -0.4 is 5.32 Å². The summed E-state index contributed by atoms with van der Waals surface area (Å²) >= 11 is 0. The Bertz CT molecular complexity index is 301. The van der Waals surface area contributed by atoms with Crippen LogP contribution in [-0.2, 0) is 9.84 Å². The van der Waals surface area contributed by atoms with E-state index in [0.29, 0.717) is 23.3 Å². The maximum Gasteiger partial charge on any atom is 0.150 e. The van der Waals surface area contributed by atoms with Gasteiger partial charge in [0.1, 0.15) is 9.84 Å². The molecule has 0 amide bonds. The van der Waals surface area contributed by atoms with Gasteiger partial charge >= 0.3 is 0 Å². The van der Waals surface area contributed by atoms with Crippen molar-refractivity contribution in [1.29, 1.82) is 0 Å². The summed E-state index contributed by atoms with van der Waals surface area (Å²) < 4.78 is 23.4. The van der Waals surface area contributed by atoms with E-state index < -0.39 is 9.84 Å². The number of hydrogen-bond acceptors (Lipinski definition) is 3. The van der Waals surface area contributed by atoms with E-state index in [0.717, 1.165) is 25.9 Å². The lowest BCUT2D eigenvalue weighted by Gasteiger charge is -2.19. The van der Waals surface area contributed by atoms with Crippen LogP contribution in [0.2, 0.25) is 0 Å². The van der Waals surface area contributed by atoms with Gasteiger partial charge < -0.3 is 5.32 Å². The number of hydrogen-bond donors (Lipinski definition) is 1. The minimum Gasteiger partial charge on any atom is -0.317 e. The van der Waals surface area contributed by atoms with E-state index >= 15 is 0 Å². The van der Waals surface area contributed by atoms with Gasteiger partial charge in [-0.2, -0.15) is 0 Å². The zero-order valence-corrected chi connectivity index (χ0v) is 12.1. The van der Waals surface area contributed by atoms with Gasteiger partial charge in [0.15, 0.2) is 0 Å². The van der Waals surface area contributed by atoms with Gasteiger partial charge in [0.25, 0.3) is 0 Å². The van der Waals surface area contributed by atoms with Crippen LogP contribution in [0.3, 0.4) is 0 Å². The maximum absolute atomic E-state index is 11.7. The van der Waals surface area contributed by atoms with Crippen LogP contribution in [-0.4, -0.2) is 33.0 Å². The highest BCUT2D eigenvalue weighted by Crippen LogP contribution is 2.33. The Labute approximate surface area is 106 Å². The molecule has 1 aliphatic rings. The van der Waals surface area contributed by atoms with Crippen molar-refractivity contribution >= 4 is 9.84 Å². The third-order valence-electron chi connectivity index (χ3n) is 3.79. The van der Waals surface area contributed by atoms with Gasteiger partial charge in [-0.25, -0.2) is 8.42 Å². The molecule has 0 heterocycles. The van der Waals surface area contributed by atoms with E-state index in [1.807, 2.05) is 6.92 Å². The SMILES string of the molecule is CCCS(=O)(=O)CCC1CCCC1CNCC. The Morgan fingerprint density at radius 2 is 1.82 bits per heavy atom. The fraction of sp³-hybridized carbons (Fsp3) is 1.00. The second-order valence-electron chi connectivity index (χ2n) is 5.20. The molecule has 2 unspecified atom stereocenters. The molecule has 0 aliphatic heterocycles. The van der Waals surface area contributed by atoms with Gasteiger partial charge in [-0.15, -0.1) is 0 Å². The first-order chi connectivity index (χ1) is 8.09. The first-order valence-corrected chi connectivity index (χ1v) is 8.82. The molecule has 1 saturated carbocycles. The summed E-state index contributed by atoms with van der Waals surface area (Å²) in [4.78, 5) is 0. The van der Waals surface area contributed by atoms with Crippen LogP contribution >= 0.6 is 0 Å². The minimum atomic E-state index is -2.78. The van der Waals surface area contributed by atoms with Crippen molar-refractivity contribution in [2.75, 3.05) is 24.6 Å². The maximum atomic E-state index is 11.7. The van der Waals surface area contributed by atoms with Crippen molar-refractivity contribution in [3.63, 3.8) is 0 Å². The average molecular weight is 261 g/mol. The predicted octanol–water partition coefficient (Wildman–Crippen LogP) is 2.23. The van der Waals surface area contributed by atoms with E-state index in [-0.39, 0.29) is 0 Å². The van der Waals surface area contributed by atoms with Crippen molar-refractivity contribution in [3.05, 3.63) is 0 Å². The lowest BCUT2D eigenvalue weighted by Crippen LogP contribution is -2.26. The highest BCUT2D eigenvalue weighted by atomic mass is 32.2. The number of nitrogens with one attached hydrogen (secondary N) is 1. The van der Waals surface area contributed by atoms with Crippen molar-refractivity contribution in [2.45, 2.75) is 46.0 Å². The molecule has 0 saturated heterocycles. The minimum absolute atomic E-state index is 0.359. The smallest absolute Gasteiger partial charge is 0.150 e. The van der Waals surface area contributed by atoms with E-state index in [2.05, 4.69) is 12.2 Å². The Balaban J connectivity index is 2.35. The van der Waals surface area contributed by atoms with Crippen molar-refractivity contribution in [3.8, 4) is 0 Å². The highest BCUT2D eigenvalue weighted by molar-refractivity contribution is 7.91. The number of rotatable bonds is 8. The van der Waals surface area contributed by atoms with Gasteiger partial charge in [-0.3, -0.25) is 0 Å². The molecule has 0 aromatic carbocycles. The van der Waals surface area contributed by atoms with E-state index in [1.54, 1.807) is 0 Å². The average Bonchev–Trinajstić information content (AvgIpc) is 2.71. The van der Waals surface area contributed by atoms with Crippen molar-refractivity contribution in [2.24, 2.45) is 11.8 Å². The Morgan fingerprint density at radius 1 is 1.12 bits per heavy atom. The van der Waals surface area contributed by atoms with Crippen LogP contribution in [0.25, 0.3) is 0 Å². The van der Waals surface area contributed by atoms with Crippen LogP contribution in [0.15, 0.2) is 0 Å². The molecule has 0 spiro atoms. The topological polar surface area (TPSA) is 46.2 Å². The van der Waals surface area contributed by atoms with Crippen LogP contribution in [0, 0.1) is 11.8 Å². The molecule has 2 atom stereocenters. The summed E-state index contributed by atoms with van der Waals surface area (Å²) in [6.45, 7) is 6.13. The second kappa shape index (κ2) is 7.37. The largest absolute Gasteiger partial charge is 0.317 e. The summed E-state index contributed by atoms with van der Waals surface area (Å²) in [5.41, 5.74) is 0. The van der Waals surface area contributed by atoms with Gasteiger partial charge in [-0.05, 0) is 44.2 Å². The van der Waals surface area contributed by atoms with Crippen LogP contribution in [0.1, 0.15) is 46.0 Å². The molecule has 17 heavy (non-hydrogen) atoms. The zero-order chi connectivity index (χ0) is 12.7. The highest BCUT2D eigenvalue weighted by Gasteiger charge is 2.27. The third kappa shape index (κ3) is 5.38. The summed E-state index contributed by atoms with van der Waals surface area (Å²) in [6.07, 6.45) is 5.38. The number of sulfone groups is 1. The molecule has 1 fully saturated rings. The first-order valence-electron chi connectivity index (χ1n) is 7.00. The molecule has 0 radical (unpaired) electrons. The fourth-order valence-electron chi connectivity index (χ4n) is 2.84. The van der Waals surface area contributed by atoms with Crippen molar-refractivity contribution < 1.29 is 8.42 Å². The lowest BCUT2D eigenvalue weighted by atomic mass is 9.93. The molecule has 102 valence electrons. The lowest BCUT2D eigenvalue weighted by molar-refractivity contribution is 0.361. The van der Waals surface area contributed by atoms with Gasteiger partial charge in [-0.1, -0.05) is 26.7 Å². The van der Waals surface area contributed by atoms with Gasteiger partial charge in [0.2, 0.25) is 0 Å². The molecule has 0 aromatic heterocycles. The Kier molecular flexibility index (Phi) is 6.49. The monoisotopic (exact) mass is 261 g/mol. The predicted molar refractivity (Wildman–Crippen MR) is 72.9 cm³/mol. The molecular formula is C13H27NO2S. The summed E-state index contributed by atoms with van der Waals surface area (Å²) in [7, 11) is -2.78. The first kappa shape index (κ1) is 15.0. The Hall–Kier alpha value is -0.0900. The standard InChI is InChI=1S/C13H27NO2S/c1-3-9-17(15,16)10-8-12-6-5-7-13(12)11-14-4-2/h12-14H,3-11H2,1-2H3. The summed E-state index contributed by atoms with van der Waals surface area (Å²) in [5, 5.41) is 3.39. The normalized spacial score (nSPS) is 25.3. The fourth-order valence-corrected chi connectivity index (χ4v) is 4.32. The summed E-state index contributed by atoms with van der Waals surface area (Å²) in [5.74, 6) is 2.08. The van der Waals surface area contributed by atoms with E-state index in [1.165, 1.54) is 19.3 Å². The third-order valence-corrected chi connectivity index (χ3v) is 5.68. The molecule has 0 aromatic rings. The zero-order valence-electron chi connectivity index (χ0n) is 11.2. The van der Waals surface area contributed by atoms with E-state index in [9.17, 15) is 8.42 Å². The van der Waals surface area contributed by atoms with Gasteiger partial charge in [0, 0.05) is 5.75 Å². The Morgan fingerprint density at radius 3 is 2.47 bits per heavy atom. The molecule has 1 N–H and O–H groups in total. The molecule has 0 bridgehead atoms. The van der Waals surface area contributed by atoms with E-state index in [4.69, 9.17) is 0 Å². The summed E-state index contributed by atoms with van der Waals surface area (Å²) in [6, 6.07) is 0. The quantitative estimate of drug-likeness (QED) is 0.729.